The fraction of sp³-hybridized carbons (Fsp3) is 0.571. The lowest BCUT2D eigenvalue weighted by atomic mass is 9.76. The Labute approximate surface area is 109 Å². The maximum absolute atomic E-state index is 6.01. The van der Waals surface area contributed by atoms with Crippen molar-refractivity contribution in [3.63, 3.8) is 0 Å². The fourth-order valence-corrected chi connectivity index (χ4v) is 2.76. The molecular formula is C14H21ClN2. The van der Waals surface area contributed by atoms with Crippen LogP contribution >= 0.6 is 11.6 Å². The number of benzene rings is 1. The molecule has 1 aliphatic rings. The summed E-state index contributed by atoms with van der Waals surface area (Å²) in [7, 11) is 0. The van der Waals surface area contributed by atoms with Crippen molar-refractivity contribution in [2.24, 2.45) is 5.41 Å². The molecule has 2 rings (SSSR count). The average molecular weight is 253 g/mol. The van der Waals surface area contributed by atoms with Gasteiger partial charge in [-0.1, -0.05) is 43.9 Å². The third-order valence-electron chi connectivity index (χ3n) is 3.82. The van der Waals surface area contributed by atoms with Crippen molar-refractivity contribution >= 4 is 23.0 Å². The Kier molecular flexibility index (Phi) is 3.82. The summed E-state index contributed by atoms with van der Waals surface area (Å²) in [5.41, 5.74) is 7.98. The van der Waals surface area contributed by atoms with Crippen LogP contribution < -0.4 is 11.1 Å². The van der Waals surface area contributed by atoms with Crippen LogP contribution in [0.25, 0.3) is 0 Å². The highest BCUT2D eigenvalue weighted by atomic mass is 35.5. The molecule has 0 radical (unpaired) electrons. The second-order valence-corrected chi connectivity index (χ2v) is 5.83. The average Bonchev–Trinajstić information content (AvgIpc) is 2.32. The molecule has 94 valence electrons. The van der Waals surface area contributed by atoms with E-state index in [0.29, 0.717) is 16.1 Å². The van der Waals surface area contributed by atoms with Gasteiger partial charge in [-0.2, -0.15) is 0 Å². The van der Waals surface area contributed by atoms with Gasteiger partial charge in [0, 0.05) is 6.54 Å². The molecule has 0 bridgehead atoms. The molecule has 1 saturated carbocycles. The highest BCUT2D eigenvalue weighted by Crippen LogP contribution is 2.36. The molecule has 0 heterocycles. The van der Waals surface area contributed by atoms with Gasteiger partial charge in [-0.25, -0.2) is 0 Å². The van der Waals surface area contributed by atoms with Gasteiger partial charge in [-0.15, -0.1) is 0 Å². The lowest BCUT2D eigenvalue weighted by Gasteiger charge is -2.34. The van der Waals surface area contributed by atoms with Crippen LogP contribution in [0.2, 0.25) is 5.02 Å². The Morgan fingerprint density at radius 2 is 2.00 bits per heavy atom. The van der Waals surface area contributed by atoms with E-state index < -0.39 is 0 Å². The summed E-state index contributed by atoms with van der Waals surface area (Å²) in [6, 6.07) is 5.75. The smallest absolute Gasteiger partial charge is 0.0739 e. The second-order valence-electron chi connectivity index (χ2n) is 5.43. The van der Waals surface area contributed by atoms with E-state index >= 15 is 0 Å². The molecule has 17 heavy (non-hydrogen) atoms. The zero-order valence-electron chi connectivity index (χ0n) is 10.4. The summed E-state index contributed by atoms with van der Waals surface area (Å²) in [4.78, 5) is 0. The fourth-order valence-electron chi connectivity index (χ4n) is 2.58. The number of halogens is 1. The van der Waals surface area contributed by atoms with Crippen molar-refractivity contribution in [2.75, 3.05) is 17.6 Å². The van der Waals surface area contributed by atoms with Crippen LogP contribution in [0, 0.1) is 5.41 Å². The monoisotopic (exact) mass is 252 g/mol. The topological polar surface area (TPSA) is 38.0 Å². The van der Waals surface area contributed by atoms with Gasteiger partial charge in [-0.3, -0.25) is 0 Å². The van der Waals surface area contributed by atoms with Gasteiger partial charge >= 0.3 is 0 Å². The predicted molar refractivity (Wildman–Crippen MR) is 75.5 cm³/mol. The van der Waals surface area contributed by atoms with Gasteiger partial charge in [0.15, 0.2) is 0 Å². The van der Waals surface area contributed by atoms with E-state index in [2.05, 4.69) is 12.2 Å². The summed E-state index contributed by atoms with van der Waals surface area (Å²) in [5, 5.41) is 4.08. The quantitative estimate of drug-likeness (QED) is 0.787. The summed E-state index contributed by atoms with van der Waals surface area (Å²) in [6.07, 6.45) is 6.70. The molecule has 1 aromatic rings. The molecule has 0 aromatic heterocycles. The number of nitrogen functional groups attached to an aromatic ring is 1. The van der Waals surface area contributed by atoms with E-state index in [1.165, 1.54) is 32.1 Å². The van der Waals surface area contributed by atoms with Crippen LogP contribution in [0.4, 0.5) is 11.4 Å². The van der Waals surface area contributed by atoms with E-state index in [-0.39, 0.29) is 0 Å². The molecule has 0 atom stereocenters. The van der Waals surface area contributed by atoms with E-state index in [9.17, 15) is 0 Å². The van der Waals surface area contributed by atoms with Gasteiger partial charge in [0.25, 0.3) is 0 Å². The molecule has 0 unspecified atom stereocenters. The molecule has 1 aliphatic carbocycles. The SMILES string of the molecule is CC1(CNc2cccc(Cl)c2N)CCCCC1. The second kappa shape index (κ2) is 5.18. The normalized spacial score (nSPS) is 18.9. The van der Waals surface area contributed by atoms with Crippen LogP contribution in [0.3, 0.4) is 0 Å². The highest BCUT2D eigenvalue weighted by Gasteiger charge is 2.26. The van der Waals surface area contributed by atoms with Crippen molar-refractivity contribution in [3.8, 4) is 0 Å². The maximum atomic E-state index is 6.01. The Hall–Kier alpha value is -0.890. The molecule has 0 aliphatic heterocycles. The number of hydrogen-bond acceptors (Lipinski definition) is 2. The molecule has 3 heteroatoms. The Balaban J connectivity index is 1.99. The first-order valence-corrected chi connectivity index (χ1v) is 6.76. The number of nitrogens with two attached hydrogens (primary N) is 1. The van der Waals surface area contributed by atoms with Crippen molar-refractivity contribution < 1.29 is 0 Å². The Morgan fingerprint density at radius 1 is 1.29 bits per heavy atom. The number of rotatable bonds is 3. The van der Waals surface area contributed by atoms with E-state index in [0.717, 1.165) is 12.2 Å². The van der Waals surface area contributed by atoms with Crippen LogP contribution in [0.5, 0.6) is 0 Å². The zero-order chi connectivity index (χ0) is 12.3. The Bertz CT molecular complexity index is 384. The molecule has 2 nitrogen and oxygen atoms in total. The predicted octanol–water partition coefficient (Wildman–Crippen LogP) is 4.30. The molecular weight excluding hydrogens is 232 g/mol. The molecule has 0 spiro atoms. The van der Waals surface area contributed by atoms with Crippen molar-refractivity contribution in [1.82, 2.24) is 0 Å². The molecule has 0 saturated heterocycles. The summed E-state index contributed by atoms with van der Waals surface area (Å²) in [6.45, 7) is 3.34. The van der Waals surface area contributed by atoms with Crippen LogP contribution in [0.1, 0.15) is 39.0 Å². The number of para-hydroxylation sites is 1. The number of hydrogen-bond donors (Lipinski definition) is 2. The standard InChI is InChI=1S/C14H21ClN2/c1-14(8-3-2-4-9-14)10-17-12-7-5-6-11(15)13(12)16/h5-7,17H,2-4,8-10,16H2,1H3. The molecule has 1 fully saturated rings. The number of anilines is 2. The minimum atomic E-state index is 0.410. The summed E-state index contributed by atoms with van der Waals surface area (Å²) < 4.78 is 0. The molecule has 3 N–H and O–H groups in total. The first-order valence-electron chi connectivity index (χ1n) is 6.39. The minimum absolute atomic E-state index is 0.410. The number of nitrogens with one attached hydrogen (secondary N) is 1. The zero-order valence-corrected chi connectivity index (χ0v) is 11.2. The molecule has 0 amide bonds. The first-order chi connectivity index (χ1) is 8.11. The van der Waals surface area contributed by atoms with Crippen molar-refractivity contribution in [2.45, 2.75) is 39.0 Å². The van der Waals surface area contributed by atoms with E-state index in [1.807, 2.05) is 18.2 Å². The van der Waals surface area contributed by atoms with E-state index in [4.69, 9.17) is 17.3 Å². The van der Waals surface area contributed by atoms with Gasteiger partial charge < -0.3 is 11.1 Å². The van der Waals surface area contributed by atoms with Crippen LogP contribution in [-0.4, -0.2) is 6.54 Å². The van der Waals surface area contributed by atoms with Crippen LogP contribution in [0.15, 0.2) is 18.2 Å². The molecule has 1 aromatic carbocycles. The van der Waals surface area contributed by atoms with E-state index in [1.54, 1.807) is 0 Å². The van der Waals surface area contributed by atoms with Crippen molar-refractivity contribution in [3.05, 3.63) is 23.2 Å². The van der Waals surface area contributed by atoms with Gasteiger partial charge in [0.2, 0.25) is 0 Å². The minimum Gasteiger partial charge on any atom is -0.396 e. The lowest BCUT2D eigenvalue weighted by Crippen LogP contribution is -2.29. The first kappa shape index (κ1) is 12.6. The highest BCUT2D eigenvalue weighted by molar-refractivity contribution is 6.33. The summed E-state index contributed by atoms with van der Waals surface area (Å²) in [5.74, 6) is 0. The van der Waals surface area contributed by atoms with Gasteiger partial charge in [-0.05, 0) is 30.4 Å². The third-order valence-corrected chi connectivity index (χ3v) is 4.15. The van der Waals surface area contributed by atoms with Crippen LogP contribution in [-0.2, 0) is 0 Å². The third kappa shape index (κ3) is 3.06. The largest absolute Gasteiger partial charge is 0.396 e. The maximum Gasteiger partial charge on any atom is 0.0739 e. The van der Waals surface area contributed by atoms with Crippen molar-refractivity contribution in [1.29, 1.82) is 0 Å². The van der Waals surface area contributed by atoms with Gasteiger partial charge in [0.1, 0.15) is 0 Å². The Morgan fingerprint density at radius 3 is 2.71 bits per heavy atom. The van der Waals surface area contributed by atoms with Gasteiger partial charge in [0.05, 0.1) is 16.4 Å². The lowest BCUT2D eigenvalue weighted by molar-refractivity contribution is 0.233. The summed E-state index contributed by atoms with van der Waals surface area (Å²) >= 11 is 6.01.